The summed E-state index contributed by atoms with van der Waals surface area (Å²) in [6, 6.07) is -0.466. The van der Waals surface area contributed by atoms with Crippen molar-refractivity contribution in [2.75, 3.05) is 6.54 Å². The van der Waals surface area contributed by atoms with Gasteiger partial charge in [-0.2, -0.15) is 0 Å². The molecule has 1 rings (SSSR count). The number of carbonyl (C=O) groups is 2. The summed E-state index contributed by atoms with van der Waals surface area (Å²) in [4.78, 5) is 21.2. The first-order valence-corrected chi connectivity index (χ1v) is 4.35. The molecule has 0 saturated carbocycles. The predicted octanol–water partition coefficient (Wildman–Crippen LogP) is -0.672. The van der Waals surface area contributed by atoms with Crippen molar-refractivity contribution in [3.8, 4) is 0 Å². The number of amides is 1. The fraction of sp³-hybridized carbons (Fsp3) is 0.750. The maximum Gasteiger partial charge on any atom is 0.320 e. The zero-order valence-corrected chi connectivity index (χ0v) is 7.54. The Hall–Kier alpha value is -1.10. The second-order valence-corrected chi connectivity index (χ2v) is 3.27. The highest BCUT2D eigenvalue weighted by Crippen LogP contribution is 2.05. The van der Waals surface area contributed by atoms with Crippen LogP contribution in [0.3, 0.4) is 0 Å². The summed E-state index contributed by atoms with van der Waals surface area (Å²) in [6.07, 6.45) is 1.34. The average molecular weight is 186 g/mol. The van der Waals surface area contributed by atoms with Crippen LogP contribution >= 0.6 is 0 Å². The normalized spacial score (nSPS) is 24.1. The quantitative estimate of drug-likeness (QED) is 0.544. The fourth-order valence-electron chi connectivity index (χ4n) is 1.24. The first-order valence-electron chi connectivity index (χ1n) is 4.35. The van der Waals surface area contributed by atoms with Crippen LogP contribution in [-0.4, -0.2) is 35.6 Å². The van der Waals surface area contributed by atoms with Crippen LogP contribution in [-0.2, 0) is 9.59 Å². The summed E-state index contributed by atoms with van der Waals surface area (Å²) in [5.74, 6) is -0.820. The van der Waals surface area contributed by atoms with Gasteiger partial charge in [-0.3, -0.25) is 9.59 Å². The van der Waals surface area contributed by atoms with E-state index in [2.05, 4.69) is 10.6 Å². The van der Waals surface area contributed by atoms with Crippen LogP contribution in [0.25, 0.3) is 0 Å². The standard InChI is InChI=1S/C8H14N2O3/c1-5(8(12)13)9-4-6-2-3-7(11)10-6/h5-6,9H,2-4H2,1H3,(H,10,11)(H,12,13). The van der Waals surface area contributed by atoms with Crippen molar-refractivity contribution in [2.24, 2.45) is 0 Å². The van der Waals surface area contributed by atoms with Gasteiger partial charge >= 0.3 is 5.97 Å². The first kappa shape index (κ1) is 9.98. The van der Waals surface area contributed by atoms with E-state index < -0.39 is 12.0 Å². The molecule has 5 heteroatoms. The number of rotatable bonds is 4. The first-order chi connectivity index (χ1) is 6.09. The minimum Gasteiger partial charge on any atom is -0.480 e. The summed E-state index contributed by atoms with van der Waals surface area (Å²) < 4.78 is 0. The van der Waals surface area contributed by atoms with Crippen molar-refractivity contribution in [1.82, 2.24) is 10.6 Å². The third-order valence-electron chi connectivity index (χ3n) is 2.13. The van der Waals surface area contributed by atoms with Crippen LogP contribution in [0.2, 0.25) is 0 Å². The Bertz CT molecular complexity index is 217. The van der Waals surface area contributed by atoms with E-state index in [1.54, 1.807) is 6.92 Å². The van der Waals surface area contributed by atoms with Gasteiger partial charge in [-0.05, 0) is 13.3 Å². The fourth-order valence-corrected chi connectivity index (χ4v) is 1.24. The van der Waals surface area contributed by atoms with Gasteiger partial charge in [0.2, 0.25) is 5.91 Å². The molecular formula is C8H14N2O3. The molecule has 1 heterocycles. The lowest BCUT2D eigenvalue weighted by atomic mass is 10.2. The molecule has 0 aliphatic carbocycles. The molecule has 0 radical (unpaired) electrons. The third kappa shape index (κ3) is 3.02. The van der Waals surface area contributed by atoms with Crippen molar-refractivity contribution in [1.29, 1.82) is 0 Å². The van der Waals surface area contributed by atoms with Crippen LogP contribution in [0.15, 0.2) is 0 Å². The highest BCUT2D eigenvalue weighted by atomic mass is 16.4. The number of aliphatic carboxylic acids is 1. The minimum atomic E-state index is -0.871. The van der Waals surface area contributed by atoms with E-state index in [0.29, 0.717) is 13.0 Å². The third-order valence-corrected chi connectivity index (χ3v) is 2.13. The number of hydrogen-bond donors (Lipinski definition) is 3. The van der Waals surface area contributed by atoms with Gasteiger partial charge < -0.3 is 15.7 Å². The molecular weight excluding hydrogens is 172 g/mol. The van der Waals surface area contributed by atoms with Gasteiger partial charge in [-0.1, -0.05) is 0 Å². The van der Waals surface area contributed by atoms with E-state index in [1.165, 1.54) is 0 Å². The second-order valence-electron chi connectivity index (χ2n) is 3.27. The van der Waals surface area contributed by atoms with Crippen molar-refractivity contribution < 1.29 is 14.7 Å². The van der Waals surface area contributed by atoms with E-state index in [1.807, 2.05) is 0 Å². The summed E-state index contributed by atoms with van der Waals surface area (Å²) >= 11 is 0. The molecule has 13 heavy (non-hydrogen) atoms. The molecule has 74 valence electrons. The maximum absolute atomic E-state index is 10.8. The van der Waals surface area contributed by atoms with Gasteiger partial charge in [0.25, 0.3) is 0 Å². The molecule has 1 aliphatic heterocycles. The van der Waals surface area contributed by atoms with Gasteiger partial charge in [0, 0.05) is 19.0 Å². The topological polar surface area (TPSA) is 78.4 Å². The molecule has 2 atom stereocenters. The Morgan fingerprint density at radius 3 is 3.00 bits per heavy atom. The maximum atomic E-state index is 10.8. The molecule has 1 aliphatic rings. The Morgan fingerprint density at radius 2 is 2.54 bits per heavy atom. The van der Waals surface area contributed by atoms with Crippen LogP contribution in [0.1, 0.15) is 19.8 Å². The van der Waals surface area contributed by atoms with Gasteiger partial charge in [0.05, 0.1) is 0 Å². The summed E-state index contributed by atoms with van der Waals surface area (Å²) in [7, 11) is 0. The van der Waals surface area contributed by atoms with Crippen molar-refractivity contribution in [3.05, 3.63) is 0 Å². The summed E-state index contributed by atoms with van der Waals surface area (Å²) in [5.41, 5.74) is 0. The Morgan fingerprint density at radius 1 is 1.85 bits per heavy atom. The SMILES string of the molecule is CC(NCC1CCC(=O)N1)C(=O)O. The lowest BCUT2D eigenvalue weighted by Gasteiger charge is -2.13. The van der Waals surface area contributed by atoms with Gasteiger partial charge in [-0.25, -0.2) is 0 Å². The molecule has 0 spiro atoms. The highest BCUT2D eigenvalue weighted by molar-refractivity contribution is 5.78. The summed E-state index contributed by atoms with van der Waals surface area (Å²) in [6.45, 7) is 2.11. The molecule has 2 unspecified atom stereocenters. The Labute approximate surface area is 76.5 Å². The molecule has 0 bridgehead atoms. The van der Waals surface area contributed by atoms with Crippen LogP contribution in [0.5, 0.6) is 0 Å². The van der Waals surface area contributed by atoms with E-state index in [4.69, 9.17) is 5.11 Å². The van der Waals surface area contributed by atoms with Crippen molar-refractivity contribution in [2.45, 2.75) is 31.8 Å². The van der Waals surface area contributed by atoms with Gasteiger partial charge in [-0.15, -0.1) is 0 Å². The van der Waals surface area contributed by atoms with E-state index in [0.717, 1.165) is 6.42 Å². The Kier molecular flexibility index (Phi) is 3.25. The molecule has 0 aromatic heterocycles. The Balaban J connectivity index is 2.19. The van der Waals surface area contributed by atoms with Crippen LogP contribution in [0, 0.1) is 0 Å². The zero-order chi connectivity index (χ0) is 9.84. The zero-order valence-electron chi connectivity index (χ0n) is 7.54. The van der Waals surface area contributed by atoms with Crippen molar-refractivity contribution >= 4 is 11.9 Å². The lowest BCUT2D eigenvalue weighted by Crippen LogP contribution is -2.42. The predicted molar refractivity (Wildman–Crippen MR) is 46.3 cm³/mol. The molecule has 0 aromatic rings. The van der Waals surface area contributed by atoms with Gasteiger partial charge in [0.15, 0.2) is 0 Å². The molecule has 1 fully saturated rings. The minimum absolute atomic E-state index is 0.0507. The second kappa shape index (κ2) is 4.23. The smallest absolute Gasteiger partial charge is 0.320 e. The average Bonchev–Trinajstić information content (AvgIpc) is 2.47. The number of carboxylic acids is 1. The largest absolute Gasteiger partial charge is 0.480 e. The number of carboxylic acid groups (broad SMARTS) is 1. The molecule has 1 amide bonds. The molecule has 1 saturated heterocycles. The number of nitrogens with one attached hydrogen (secondary N) is 2. The molecule has 0 aromatic carbocycles. The monoisotopic (exact) mass is 186 g/mol. The highest BCUT2D eigenvalue weighted by Gasteiger charge is 2.21. The van der Waals surface area contributed by atoms with Crippen molar-refractivity contribution in [3.63, 3.8) is 0 Å². The summed E-state index contributed by atoms with van der Waals surface area (Å²) in [5, 5.41) is 14.1. The van der Waals surface area contributed by atoms with E-state index in [9.17, 15) is 9.59 Å². The molecule has 3 N–H and O–H groups in total. The lowest BCUT2D eigenvalue weighted by molar-refractivity contribution is -0.139. The van der Waals surface area contributed by atoms with Crippen LogP contribution in [0.4, 0.5) is 0 Å². The van der Waals surface area contributed by atoms with Crippen LogP contribution < -0.4 is 10.6 Å². The number of hydrogen-bond acceptors (Lipinski definition) is 3. The van der Waals surface area contributed by atoms with E-state index >= 15 is 0 Å². The van der Waals surface area contributed by atoms with Gasteiger partial charge in [0.1, 0.15) is 6.04 Å². The number of carbonyl (C=O) groups excluding carboxylic acids is 1. The molecule has 5 nitrogen and oxygen atoms in total. The van der Waals surface area contributed by atoms with E-state index in [-0.39, 0.29) is 11.9 Å².